The van der Waals surface area contributed by atoms with E-state index in [1.165, 1.54) is 22.9 Å². The van der Waals surface area contributed by atoms with Gasteiger partial charge in [-0.25, -0.2) is 19.7 Å². The van der Waals surface area contributed by atoms with Crippen LogP contribution in [0.4, 0.5) is 10.6 Å². The van der Waals surface area contributed by atoms with Crippen LogP contribution in [0.25, 0.3) is 11.2 Å². The van der Waals surface area contributed by atoms with Crippen LogP contribution < -0.4 is 11.1 Å². The van der Waals surface area contributed by atoms with E-state index in [2.05, 4.69) is 32.1 Å². The maximum Gasteiger partial charge on any atom is 0.410 e. The van der Waals surface area contributed by atoms with Gasteiger partial charge in [0.2, 0.25) is 5.82 Å². The molecule has 34 heavy (non-hydrogen) atoms. The van der Waals surface area contributed by atoms with Crippen molar-refractivity contribution >= 4 is 29.0 Å². The number of hydrogen-bond acceptors (Lipinski definition) is 10. The van der Waals surface area contributed by atoms with E-state index in [1.54, 1.807) is 0 Å². The van der Waals surface area contributed by atoms with E-state index < -0.39 is 36.5 Å². The molecular weight excluding hydrogens is 446 g/mol. The molecule has 0 radical (unpaired) electrons. The zero-order valence-electron chi connectivity index (χ0n) is 19.0. The number of aliphatic hydroxyl groups is 2. The lowest BCUT2D eigenvalue weighted by atomic mass is 10.1. The van der Waals surface area contributed by atoms with Crippen LogP contribution in [0, 0.1) is 11.8 Å². The Morgan fingerprint density at radius 2 is 2.09 bits per heavy atom. The van der Waals surface area contributed by atoms with Gasteiger partial charge in [-0.3, -0.25) is 14.3 Å². The number of aliphatic hydroxyl groups excluding tert-OH is 2. The van der Waals surface area contributed by atoms with Crippen LogP contribution in [0.2, 0.25) is 0 Å². The normalized spacial score (nSPS) is 24.1. The molecule has 0 aromatic carbocycles. The highest BCUT2D eigenvalue weighted by Crippen LogP contribution is 2.33. The van der Waals surface area contributed by atoms with Gasteiger partial charge in [0.25, 0.3) is 5.91 Å². The van der Waals surface area contributed by atoms with Gasteiger partial charge in [0.15, 0.2) is 23.8 Å². The first-order chi connectivity index (χ1) is 16.2. The number of carbonyl (C=O) groups is 2. The summed E-state index contributed by atoms with van der Waals surface area (Å²) >= 11 is 0. The minimum absolute atomic E-state index is 0.0535. The Labute approximate surface area is 195 Å². The highest BCUT2D eigenvalue weighted by Gasteiger charge is 2.48. The molecule has 0 spiro atoms. The zero-order chi connectivity index (χ0) is 24.6. The molecule has 2 fully saturated rings. The van der Waals surface area contributed by atoms with Crippen molar-refractivity contribution in [3.05, 3.63) is 12.2 Å². The second kappa shape index (κ2) is 9.41. The molecule has 0 bridgehead atoms. The number of ether oxygens (including phenoxy) is 2. The maximum absolute atomic E-state index is 12.4. The van der Waals surface area contributed by atoms with Crippen molar-refractivity contribution in [3.8, 4) is 11.8 Å². The first kappa shape index (κ1) is 23.7. The first-order valence-corrected chi connectivity index (χ1v) is 10.9. The van der Waals surface area contributed by atoms with Crippen LogP contribution in [-0.4, -0.2) is 90.7 Å². The Balaban J connectivity index is 1.58. The van der Waals surface area contributed by atoms with Crippen molar-refractivity contribution in [1.29, 1.82) is 0 Å². The molecule has 2 aromatic heterocycles. The summed E-state index contributed by atoms with van der Waals surface area (Å²) in [7, 11) is 1.29. The predicted octanol–water partition coefficient (Wildman–Crippen LogP) is -0.865. The van der Waals surface area contributed by atoms with E-state index >= 15 is 0 Å². The summed E-state index contributed by atoms with van der Waals surface area (Å²) in [5, 5.41) is 23.7. The lowest BCUT2D eigenvalue weighted by Crippen LogP contribution is -2.43. The van der Waals surface area contributed by atoms with Gasteiger partial charge in [0.05, 0.1) is 20.0 Å². The van der Waals surface area contributed by atoms with Crippen molar-refractivity contribution < 1.29 is 29.3 Å². The summed E-state index contributed by atoms with van der Waals surface area (Å²) in [6.45, 7) is 3.74. The molecule has 0 unspecified atom stereocenters. The molecular formula is C21H27N7O6. The Bertz CT molecular complexity index is 1150. The Morgan fingerprint density at radius 3 is 2.74 bits per heavy atom. The summed E-state index contributed by atoms with van der Waals surface area (Å²) in [5.41, 5.74) is 6.48. The van der Waals surface area contributed by atoms with E-state index in [1.807, 2.05) is 13.8 Å². The lowest BCUT2D eigenvalue weighted by molar-refractivity contribution is -0.137. The molecule has 13 nitrogen and oxygen atoms in total. The van der Waals surface area contributed by atoms with Crippen LogP contribution in [0.1, 0.15) is 38.7 Å². The van der Waals surface area contributed by atoms with Gasteiger partial charge < -0.3 is 30.7 Å². The monoisotopic (exact) mass is 473 g/mol. The molecule has 5 N–H and O–H groups in total. The first-order valence-electron chi connectivity index (χ1n) is 10.9. The van der Waals surface area contributed by atoms with Crippen LogP contribution in [0.15, 0.2) is 6.33 Å². The van der Waals surface area contributed by atoms with E-state index in [0.29, 0.717) is 0 Å². The average molecular weight is 473 g/mol. The number of rotatable bonds is 5. The molecule has 2 aliphatic rings. The van der Waals surface area contributed by atoms with Crippen molar-refractivity contribution in [2.24, 2.45) is 0 Å². The summed E-state index contributed by atoms with van der Waals surface area (Å²) in [4.78, 5) is 38.4. The van der Waals surface area contributed by atoms with Gasteiger partial charge in [0, 0.05) is 12.1 Å². The van der Waals surface area contributed by atoms with Crippen LogP contribution in [0.3, 0.4) is 0 Å². The molecule has 2 amide bonds. The van der Waals surface area contributed by atoms with Gasteiger partial charge >= 0.3 is 6.09 Å². The number of aromatic nitrogens is 4. The fraction of sp³-hybridized carbons (Fsp3) is 0.571. The fourth-order valence-corrected chi connectivity index (χ4v) is 3.58. The van der Waals surface area contributed by atoms with Gasteiger partial charge in [0.1, 0.15) is 17.7 Å². The van der Waals surface area contributed by atoms with Gasteiger partial charge in [-0.1, -0.05) is 5.92 Å². The SMILES string of the molecule is COC(=O)N(CC#Cc1nc(N)c2ncn([C@@H]3O[C@H](C(=O)NC4CC4)[C@H](O)[C@@H]3O)c2n1)C(C)C. The number of carbonyl (C=O) groups excluding carboxylic acids is 2. The summed E-state index contributed by atoms with van der Waals surface area (Å²) in [5.74, 6) is 5.23. The van der Waals surface area contributed by atoms with Crippen molar-refractivity contribution in [2.45, 2.75) is 63.3 Å². The van der Waals surface area contributed by atoms with E-state index in [9.17, 15) is 19.8 Å². The quantitative estimate of drug-likeness (QED) is 0.399. The summed E-state index contributed by atoms with van der Waals surface area (Å²) in [6.07, 6.45) is -2.62. The predicted molar refractivity (Wildman–Crippen MR) is 118 cm³/mol. The second-order valence-electron chi connectivity index (χ2n) is 8.46. The summed E-state index contributed by atoms with van der Waals surface area (Å²) in [6, 6.07) is -0.0535. The minimum atomic E-state index is -1.43. The van der Waals surface area contributed by atoms with Crippen LogP contribution >= 0.6 is 0 Å². The molecule has 2 aromatic rings. The van der Waals surface area contributed by atoms with E-state index in [0.717, 1.165) is 12.8 Å². The topological polar surface area (TPSA) is 178 Å². The van der Waals surface area contributed by atoms with Crippen molar-refractivity contribution in [3.63, 3.8) is 0 Å². The average Bonchev–Trinajstić information content (AvgIpc) is 3.43. The number of anilines is 1. The number of methoxy groups -OCH3 is 1. The third-order valence-electron chi connectivity index (χ3n) is 5.63. The van der Waals surface area contributed by atoms with Crippen LogP contribution in [-0.2, 0) is 14.3 Å². The second-order valence-corrected chi connectivity index (χ2v) is 8.46. The van der Waals surface area contributed by atoms with Gasteiger partial charge in [-0.15, -0.1) is 0 Å². The number of nitrogens with one attached hydrogen (secondary N) is 1. The van der Waals surface area contributed by atoms with Gasteiger partial charge in [-0.05, 0) is 32.6 Å². The fourth-order valence-electron chi connectivity index (χ4n) is 3.58. The standard InChI is InChI=1S/C21H27N7O6/c1-10(2)27(21(32)33-3)8-4-5-12-25-17(22)13-18(26-12)28(9-23-13)20-15(30)14(29)16(34-20)19(31)24-11-6-7-11/h9-11,14-16,20,29-30H,6-8H2,1-3H3,(H,24,31)(H2,22,25,26)/t14-,15+,16+,20-/m1/s1. The molecule has 1 saturated carbocycles. The molecule has 4 atom stereocenters. The van der Waals surface area contributed by atoms with Crippen LogP contribution in [0.5, 0.6) is 0 Å². The molecule has 4 rings (SSSR count). The molecule has 1 aliphatic heterocycles. The number of amides is 2. The maximum atomic E-state index is 12.4. The van der Waals surface area contributed by atoms with Gasteiger partial charge in [-0.2, -0.15) is 0 Å². The number of fused-ring (bicyclic) bond motifs is 1. The minimum Gasteiger partial charge on any atom is -0.453 e. The van der Waals surface area contributed by atoms with E-state index in [4.69, 9.17) is 15.2 Å². The molecule has 3 heterocycles. The number of hydrogen-bond donors (Lipinski definition) is 4. The Kier molecular flexibility index (Phi) is 6.56. The number of nitrogens with zero attached hydrogens (tertiary/aromatic N) is 5. The lowest BCUT2D eigenvalue weighted by Gasteiger charge is -2.22. The largest absolute Gasteiger partial charge is 0.453 e. The highest BCUT2D eigenvalue weighted by molar-refractivity contribution is 5.83. The third-order valence-corrected chi connectivity index (χ3v) is 5.63. The molecule has 1 aliphatic carbocycles. The summed E-state index contributed by atoms with van der Waals surface area (Å²) < 4.78 is 11.8. The molecule has 182 valence electrons. The Morgan fingerprint density at radius 1 is 1.35 bits per heavy atom. The van der Waals surface area contributed by atoms with Crippen molar-refractivity contribution in [1.82, 2.24) is 29.7 Å². The number of nitrogens with two attached hydrogens (primary N) is 1. The number of imidazole rings is 1. The molecule has 1 saturated heterocycles. The highest BCUT2D eigenvalue weighted by atomic mass is 16.6. The molecule has 13 heteroatoms. The zero-order valence-corrected chi connectivity index (χ0v) is 19.0. The third kappa shape index (κ3) is 4.60. The number of nitrogen functional groups attached to an aromatic ring is 1. The van der Waals surface area contributed by atoms with Crippen molar-refractivity contribution in [2.75, 3.05) is 19.4 Å². The smallest absolute Gasteiger partial charge is 0.410 e. The van der Waals surface area contributed by atoms with E-state index in [-0.39, 0.29) is 41.4 Å². The Hall–Kier alpha value is -3.47.